The molecule has 0 bridgehead atoms. The Morgan fingerprint density at radius 3 is 2.80 bits per heavy atom. The van der Waals surface area contributed by atoms with Crippen LogP contribution in [0.15, 0.2) is 22.7 Å². The minimum Gasteiger partial charge on any atom is -0.381 e. The van der Waals surface area contributed by atoms with Crippen LogP contribution in [-0.2, 0) is 17.6 Å². The quantitative estimate of drug-likeness (QED) is 0.925. The van der Waals surface area contributed by atoms with Crippen LogP contribution < -0.4 is 5.32 Å². The molecule has 6 heteroatoms. The second kappa shape index (κ2) is 6.96. The lowest BCUT2D eigenvalue weighted by Crippen LogP contribution is -2.36. The molecule has 132 valence electrons. The Morgan fingerprint density at radius 1 is 1.24 bits per heavy atom. The second-order valence-corrected chi connectivity index (χ2v) is 6.92. The average molecular weight is 341 g/mol. The molecule has 0 saturated carbocycles. The minimum absolute atomic E-state index is 0.0814. The van der Waals surface area contributed by atoms with Gasteiger partial charge in [0.25, 0.3) is 5.91 Å². The number of rotatable bonds is 4. The number of carbonyl (C=O) groups excluding carboxylic acids is 1. The Hall–Kier alpha value is -2.21. The predicted octanol–water partition coefficient (Wildman–Crippen LogP) is 2.76. The van der Waals surface area contributed by atoms with E-state index in [1.165, 1.54) is 17.5 Å². The van der Waals surface area contributed by atoms with E-state index in [0.29, 0.717) is 30.5 Å². The number of aromatic nitrogens is 2. The molecule has 1 N–H and O–H groups in total. The zero-order valence-corrected chi connectivity index (χ0v) is 14.5. The number of aryl methyl sites for hydroxylation is 3. The molecule has 1 aliphatic heterocycles. The summed E-state index contributed by atoms with van der Waals surface area (Å²) in [6.45, 7) is 3.18. The van der Waals surface area contributed by atoms with Gasteiger partial charge in [-0.15, -0.1) is 0 Å². The first-order valence-electron chi connectivity index (χ1n) is 9.01. The fourth-order valence-corrected chi connectivity index (χ4v) is 3.81. The van der Waals surface area contributed by atoms with Crippen LogP contribution in [0.3, 0.4) is 0 Å². The molecule has 1 atom stereocenters. The molecule has 2 aliphatic rings. The van der Waals surface area contributed by atoms with Gasteiger partial charge in [0.2, 0.25) is 5.89 Å². The number of amides is 1. The summed E-state index contributed by atoms with van der Waals surface area (Å²) in [4.78, 5) is 17.2. The maximum absolute atomic E-state index is 12.8. The van der Waals surface area contributed by atoms with Crippen LogP contribution in [0.1, 0.15) is 58.5 Å². The van der Waals surface area contributed by atoms with Crippen LogP contribution in [-0.4, -0.2) is 29.3 Å². The molecule has 1 aromatic heterocycles. The highest BCUT2D eigenvalue weighted by molar-refractivity contribution is 5.94. The predicted molar refractivity (Wildman–Crippen MR) is 91.3 cm³/mol. The van der Waals surface area contributed by atoms with Gasteiger partial charge in [-0.3, -0.25) is 4.79 Å². The van der Waals surface area contributed by atoms with E-state index in [1.807, 2.05) is 12.1 Å². The van der Waals surface area contributed by atoms with Gasteiger partial charge in [-0.05, 0) is 68.2 Å². The van der Waals surface area contributed by atoms with E-state index in [9.17, 15) is 4.79 Å². The Morgan fingerprint density at radius 2 is 2.04 bits per heavy atom. The zero-order valence-electron chi connectivity index (χ0n) is 14.5. The first kappa shape index (κ1) is 16.3. The maximum Gasteiger partial charge on any atom is 0.251 e. The SMILES string of the molecule is Cc1noc([C@H](NC(=O)c2ccc3c(c2)CCC3)C2CCOCC2)n1. The van der Waals surface area contributed by atoms with Crippen LogP contribution >= 0.6 is 0 Å². The van der Waals surface area contributed by atoms with Gasteiger partial charge in [0, 0.05) is 18.8 Å². The summed E-state index contributed by atoms with van der Waals surface area (Å²) in [7, 11) is 0. The van der Waals surface area contributed by atoms with Crippen LogP contribution in [0.2, 0.25) is 0 Å². The summed E-state index contributed by atoms with van der Waals surface area (Å²) in [5.41, 5.74) is 3.36. The molecule has 1 amide bonds. The minimum atomic E-state index is -0.272. The lowest BCUT2D eigenvalue weighted by molar-refractivity contribution is 0.0468. The van der Waals surface area contributed by atoms with Gasteiger partial charge in [0.1, 0.15) is 6.04 Å². The Kier molecular flexibility index (Phi) is 4.53. The van der Waals surface area contributed by atoms with Gasteiger partial charge >= 0.3 is 0 Å². The number of fused-ring (bicyclic) bond motifs is 1. The average Bonchev–Trinajstić information content (AvgIpc) is 3.28. The van der Waals surface area contributed by atoms with Gasteiger partial charge in [0.05, 0.1) is 0 Å². The van der Waals surface area contributed by atoms with Crippen molar-refractivity contribution in [3.63, 3.8) is 0 Å². The lowest BCUT2D eigenvalue weighted by Gasteiger charge is -2.28. The summed E-state index contributed by atoms with van der Waals surface area (Å²) < 4.78 is 10.8. The monoisotopic (exact) mass is 341 g/mol. The first-order chi connectivity index (χ1) is 12.2. The topological polar surface area (TPSA) is 77.2 Å². The van der Waals surface area contributed by atoms with E-state index in [2.05, 4.69) is 21.5 Å². The molecule has 4 rings (SSSR count). The Balaban J connectivity index is 1.56. The van der Waals surface area contributed by atoms with Crippen LogP contribution in [0.5, 0.6) is 0 Å². The number of nitrogens with zero attached hydrogens (tertiary/aromatic N) is 2. The standard InChI is InChI=1S/C19H23N3O3/c1-12-20-19(25-22-12)17(14-7-9-24-10-8-14)21-18(23)16-6-5-13-3-2-4-15(13)11-16/h5-6,11,14,17H,2-4,7-10H2,1H3,(H,21,23)/t17-/m1/s1. The fraction of sp³-hybridized carbons (Fsp3) is 0.526. The number of ether oxygens (including phenoxy) is 1. The maximum atomic E-state index is 12.8. The molecule has 1 fully saturated rings. The summed E-state index contributed by atoms with van der Waals surface area (Å²) in [5.74, 6) is 1.23. The van der Waals surface area contributed by atoms with Crippen molar-refractivity contribution in [1.29, 1.82) is 0 Å². The van der Waals surface area contributed by atoms with E-state index in [0.717, 1.165) is 25.7 Å². The highest BCUT2D eigenvalue weighted by atomic mass is 16.5. The molecule has 1 aliphatic carbocycles. The van der Waals surface area contributed by atoms with E-state index >= 15 is 0 Å². The summed E-state index contributed by atoms with van der Waals surface area (Å²) >= 11 is 0. The number of hydrogen-bond donors (Lipinski definition) is 1. The Bertz CT molecular complexity index is 765. The summed E-state index contributed by atoms with van der Waals surface area (Å²) in [6.07, 6.45) is 5.09. The second-order valence-electron chi connectivity index (χ2n) is 6.92. The van der Waals surface area contributed by atoms with E-state index in [4.69, 9.17) is 9.26 Å². The van der Waals surface area contributed by atoms with Crippen molar-refractivity contribution in [3.05, 3.63) is 46.6 Å². The first-order valence-corrected chi connectivity index (χ1v) is 9.01. The number of hydrogen-bond acceptors (Lipinski definition) is 5. The van der Waals surface area contributed by atoms with Crippen LogP contribution in [0.4, 0.5) is 0 Å². The highest BCUT2D eigenvalue weighted by Crippen LogP contribution is 2.30. The van der Waals surface area contributed by atoms with Crippen molar-refractivity contribution in [3.8, 4) is 0 Å². The van der Waals surface area contributed by atoms with Crippen molar-refractivity contribution < 1.29 is 14.1 Å². The van der Waals surface area contributed by atoms with E-state index in [1.54, 1.807) is 6.92 Å². The molecule has 6 nitrogen and oxygen atoms in total. The van der Waals surface area contributed by atoms with Crippen molar-refractivity contribution in [2.45, 2.75) is 45.1 Å². The molecule has 1 aromatic carbocycles. The molecule has 25 heavy (non-hydrogen) atoms. The van der Waals surface area contributed by atoms with Gasteiger partial charge in [-0.1, -0.05) is 11.2 Å². The van der Waals surface area contributed by atoms with Gasteiger partial charge < -0.3 is 14.6 Å². The zero-order chi connectivity index (χ0) is 17.2. The molecular weight excluding hydrogens is 318 g/mol. The molecule has 2 aromatic rings. The third kappa shape index (κ3) is 3.44. The Labute approximate surface area is 147 Å². The lowest BCUT2D eigenvalue weighted by atomic mass is 9.91. The van der Waals surface area contributed by atoms with E-state index < -0.39 is 0 Å². The molecule has 0 unspecified atom stereocenters. The van der Waals surface area contributed by atoms with Gasteiger partial charge in [0.15, 0.2) is 5.82 Å². The van der Waals surface area contributed by atoms with Crippen molar-refractivity contribution in [1.82, 2.24) is 15.5 Å². The molecule has 0 radical (unpaired) electrons. The fourth-order valence-electron chi connectivity index (χ4n) is 3.81. The summed E-state index contributed by atoms with van der Waals surface area (Å²) in [6, 6.07) is 5.75. The highest BCUT2D eigenvalue weighted by Gasteiger charge is 2.31. The van der Waals surface area contributed by atoms with E-state index in [-0.39, 0.29) is 17.9 Å². The molecule has 0 spiro atoms. The van der Waals surface area contributed by atoms with Gasteiger partial charge in [-0.2, -0.15) is 4.98 Å². The summed E-state index contributed by atoms with van der Waals surface area (Å²) in [5, 5.41) is 7.02. The third-order valence-corrected chi connectivity index (χ3v) is 5.19. The van der Waals surface area contributed by atoms with Crippen molar-refractivity contribution in [2.24, 2.45) is 5.92 Å². The largest absolute Gasteiger partial charge is 0.381 e. The molecular formula is C19H23N3O3. The van der Waals surface area contributed by atoms with Crippen molar-refractivity contribution >= 4 is 5.91 Å². The van der Waals surface area contributed by atoms with Crippen LogP contribution in [0, 0.1) is 12.8 Å². The smallest absolute Gasteiger partial charge is 0.251 e. The molecule has 2 heterocycles. The number of nitrogens with one attached hydrogen (secondary N) is 1. The van der Waals surface area contributed by atoms with Gasteiger partial charge in [-0.25, -0.2) is 0 Å². The third-order valence-electron chi connectivity index (χ3n) is 5.19. The number of carbonyl (C=O) groups is 1. The molecule has 1 saturated heterocycles. The normalized spacial score (nSPS) is 18.8. The van der Waals surface area contributed by atoms with Crippen LogP contribution in [0.25, 0.3) is 0 Å². The number of benzene rings is 1. The van der Waals surface area contributed by atoms with Crippen molar-refractivity contribution in [2.75, 3.05) is 13.2 Å².